The van der Waals surface area contributed by atoms with Gasteiger partial charge in [-0.3, -0.25) is 0 Å². The lowest BCUT2D eigenvalue weighted by Crippen LogP contribution is -2.11. The van der Waals surface area contributed by atoms with Gasteiger partial charge in [0.15, 0.2) is 0 Å². The van der Waals surface area contributed by atoms with Gasteiger partial charge in [-0.05, 0) is 6.92 Å². The SMILES string of the molecule is CC(=O)CCc1nc(C(C)(C)C)cs1. The second-order valence-corrected chi connectivity index (χ2v) is 5.52. The summed E-state index contributed by atoms with van der Waals surface area (Å²) in [5.74, 6) is 0.234. The van der Waals surface area contributed by atoms with Gasteiger partial charge in [-0.2, -0.15) is 0 Å². The molecule has 0 fully saturated rings. The summed E-state index contributed by atoms with van der Waals surface area (Å²) < 4.78 is 0. The molecule has 1 aromatic rings. The molecular formula is C11H17NOS. The zero-order valence-corrected chi connectivity index (χ0v) is 10.1. The molecule has 0 N–H and O–H groups in total. The number of hydrogen-bond donors (Lipinski definition) is 0. The number of carbonyl (C=O) groups is 1. The van der Waals surface area contributed by atoms with Crippen LogP contribution < -0.4 is 0 Å². The highest BCUT2D eigenvalue weighted by molar-refractivity contribution is 7.09. The lowest BCUT2D eigenvalue weighted by atomic mass is 9.93. The minimum absolute atomic E-state index is 0.116. The summed E-state index contributed by atoms with van der Waals surface area (Å²) in [6.45, 7) is 8.07. The highest BCUT2D eigenvalue weighted by Gasteiger charge is 2.17. The first-order chi connectivity index (χ1) is 6.39. The van der Waals surface area contributed by atoms with Gasteiger partial charge in [0.05, 0.1) is 10.7 Å². The van der Waals surface area contributed by atoms with Crippen molar-refractivity contribution < 1.29 is 4.79 Å². The minimum atomic E-state index is 0.116. The Bertz CT molecular complexity index is 322. The van der Waals surface area contributed by atoms with Crippen molar-refractivity contribution in [2.45, 2.75) is 46.0 Å². The van der Waals surface area contributed by atoms with Gasteiger partial charge < -0.3 is 4.79 Å². The van der Waals surface area contributed by atoms with Crippen molar-refractivity contribution in [2.75, 3.05) is 0 Å². The van der Waals surface area contributed by atoms with Crippen molar-refractivity contribution in [3.63, 3.8) is 0 Å². The second-order valence-electron chi connectivity index (χ2n) is 4.58. The van der Waals surface area contributed by atoms with Gasteiger partial charge in [-0.1, -0.05) is 20.8 Å². The van der Waals surface area contributed by atoms with Crippen molar-refractivity contribution >= 4 is 17.1 Å². The predicted octanol–water partition coefficient (Wildman–Crippen LogP) is 2.96. The average Bonchev–Trinajstić information content (AvgIpc) is 2.47. The Morgan fingerprint density at radius 3 is 2.57 bits per heavy atom. The standard InChI is InChI=1S/C11H17NOS/c1-8(13)5-6-10-12-9(7-14-10)11(2,3)4/h7H,5-6H2,1-4H3. The molecule has 0 unspecified atom stereocenters. The first kappa shape index (κ1) is 11.4. The molecule has 0 aliphatic carbocycles. The molecule has 14 heavy (non-hydrogen) atoms. The zero-order valence-electron chi connectivity index (χ0n) is 9.26. The van der Waals surface area contributed by atoms with E-state index in [9.17, 15) is 4.79 Å². The van der Waals surface area contributed by atoms with Crippen LogP contribution in [0.5, 0.6) is 0 Å². The van der Waals surface area contributed by atoms with E-state index in [1.54, 1.807) is 18.3 Å². The summed E-state index contributed by atoms with van der Waals surface area (Å²) in [6.07, 6.45) is 1.40. The number of aryl methyl sites for hydroxylation is 1. The van der Waals surface area contributed by atoms with Gasteiger partial charge in [-0.25, -0.2) is 4.98 Å². The van der Waals surface area contributed by atoms with Gasteiger partial charge >= 0.3 is 0 Å². The number of thiazole rings is 1. The van der Waals surface area contributed by atoms with E-state index < -0.39 is 0 Å². The topological polar surface area (TPSA) is 30.0 Å². The summed E-state index contributed by atoms with van der Waals surface area (Å²) >= 11 is 1.66. The van der Waals surface area contributed by atoms with Gasteiger partial charge in [0, 0.05) is 23.6 Å². The van der Waals surface area contributed by atoms with Crippen LogP contribution in [0.1, 0.15) is 44.8 Å². The molecular weight excluding hydrogens is 194 g/mol. The Labute approximate surface area is 89.4 Å². The van der Waals surface area contributed by atoms with Crippen LogP contribution >= 0.6 is 11.3 Å². The molecule has 1 aromatic heterocycles. The van der Waals surface area contributed by atoms with Crippen molar-refractivity contribution in [3.05, 3.63) is 16.1 Å². The molecule has 0 aromatic carbocycles. The van der Waals surface area contributed by atoms with E-state index in [2.05, 4.69) is 31.1 Å². The van der Waals surface area contributed by atoms with Crippen LogP contribution in [0.25, 0.3) is 0 Å². The molecule has 0 aliphatic rings. The quantitative estimate of drug-likeness (QED) is 0.769. The Balaban J connectivity index is 2.64. The molecule has 0 aliphatic heterocycles. The first-order valence-electron chi connectivity index (χ1n) is 4.84. The van der Waals surface area contributed by atoms with Gasteiger partial charge in [0.25, 0.3) is 0 Å². The number of carbonyl (C=O) groups excluding carboxylic acids is 1. The maximum Gasteiger partial charge on any atom is 0.130 e. The normalized spacial score (nSPS) is 11.7. The molecule has 0 atom stereocenters. The zero-order chi connectivity index (χ0) is 10.8. The molecule has 0 radical (unpaired) electrons. The van der Waals surface area contributed by atoms with Crippen LogP contribution in [0.15, 0.2) is 5.38 Å². The average molecular weight is 211 g/mol. The smallest absolute Gasteiger partial charge is 0.130 e. The van der Waals surface area contributed by atoms with E-state index in [0.29, 0.717) is 6.42 Å². The third kappa shape index (κ3) is 3.22. The Kier molecular flexibility index (Phi) is 3.43. The number of Topliss-reactive ketones (excluding diaryl/α,β-unsaturated/α-hetero) is 1. The Morgan fingerprint density at radius 1 is 1.50 bits per heavy atom. The van der Waals surface area contributed by atoms with Crippen LogP contribution in [-0.2, 0) is 16.6 Å². The number of rotatable bonds is 3. The van der Waals surface area contributed by atoms with E-state index in [0.717, 1.165) is 17.1 Å². The molecule has 0 saturated carbocycles. The number of hydrogen-bond acceptors (Lipinski definition) is 3. The Hall–Kier alpha value is -0.700. The summed E-state index contributed by atoms with van der Waals surface area (Å²) in [6, 6.07) is 0. The third-order valence-electron chi connectivity index (χ3n) is 2.01. The summed E-state index contributed by atoms with van der Waals surface area (Å²) in [4.78, 5) is 15.3. The first-order valence-corrected chi connectivity index (χ1v) is 5.72. The fraction of sp³-hybridized carbons (Fsp3) is 0.636. The highest BCUT2D eigenvalue weighted by Crippen LogP contribution is 2.24. The van der Waals surface area contributed by atoms with Crippen molar-refractivity contribution in [1.29, 1.82) is 0 Å². The summed E-state index contributed by atoms with van der Waals surface area (Å²) in [5.41, 5.74) is 1.24. The maximum absolute atomic E-state index is 10.8. The number of aromatic nitrogens is 1. The second kappa shape index (κ2) is 4.22. The van der Waals surface area contributed by atoms with E-state index in [-0.39, 0.29) is 11.2 Å². The van der Waals surface area contributed by atoms with Gasteiger partial charge in [0.2, 0.25) is 0 Å². The number of ketones is 1. The molecule has 0 amide bonds. The third-order valence-corrected chi connectivity index (χ3v) is 2.92. The van der Waals surface area contributed by atoms with Crippen LogP contribution in [0.2, 0.25) is 0 Å². The summed E-state index contributed by atoms with van der Waals surface area (Å²) in [5, 5.41) is 3.17. The molecule has 0 saturated heterocycles. The van der Waals surface area contributed by atoms with Crippen LogP contribution in [-0.4, -0.2) is 10.8 Å². The number of nitrogens with zero attached hydrogens (tertiary/aromatic N) is 1. The van der Waals surface area contributed by atoms with E-state index in [1.807, 2.05) is 0 Å². The monoisotopic (exact) mass is 211 g/mol. The largest absolute Gasteiger partial charge is 0.300 e. The van der Waals surface area contributed by atoms with Crippen molar-refractivity contribution in [2.24, 2.45) is 0 Å². The molecule has 1 rings (SSSR count). The fourth-order valence-electron chi connectivity index (χ4n) is 1.05. The fourth-order valence-corrected chi connectivity index (χ4v) is 2.08. The van der Waals surface area contributed by atoms with Crippen molar-refractivity contribution in [1.82, 2.24) is 4.98 Å². The minimum Gasteiger partial charge on any atom is -0.300 e. The van der Waals surface area contributed by atoms with Crippen molar-refractivity contribution in [3.8, 4) is 0 Å². The maximum atomic E-state index is 10.8. The molecule has 0 spiro atoms. The van der Waals surface area contributed by atoms with Crippen LogP contribution in [0.4, 0.5) is 0 Å². The van der Waals surface area contributed by atoms with E-state index in [1.165, 1.54) is 0 Å². The van der Waals surface area contributed by atoms with E-state index >= 15 is 0 Å². The lowest BCUT2D eigenvalue weighted by Gasteiger charge is -2.14. The van der Waals surface area contributed by atoms with Crippen LogP contribution in [0.3, 0.4) is 0 Å². The molecule has 0 bridgehead atoms. The molecule has 2 nitrogen and oxygen atoms in total. The lowest BCUT2D eigenvalue weighted by molar-refractivity contribution is -0.116. The van der Waals surface area contributed by atoms with Gasteiger partial charge in [0.1, 0.15) is 5.78 Å². The van der Waals surface area contributed by atoms with E-state index in [4.69, 9.17) is 0 Å². The van der Waals surface area contributed by atoms with Crippen LogP contribution in [0, 0.1) is 0 Å². The predicted molar refractivity (Wildman–Crippen MR) is 59.8 cm³/mol. The van der Waals surface area contributed by atoms with Gasteiger partial charge in [-0.15, -0.1) is 11.3 Å². The highest BCUT2D eigenvalue weighted by atomic mass is 32.1. The molecule has 78 valence electrons. The Morgan fingerprint density at radius 2 is 2.14 bits per heavy atom. The summed E-state index contributed by atoms with van der Waals surface area (Å²) in [7, 11) is 0. The molecule has 3 heteroatoms. The molecule has 1 heterocycles.